The second-order valence-electron chi connectivity index (χ2n) is 8.42. The lowest BCUT2D eigenvalue weighted by Gasteiger charge is -2.34. The van der Waals surface area contributed by atoms with Crippen molar-refractivity contribution in [3.63, 3.8) is 0 Å². The minimum absolute atomic E-state index is 0.0584. The zero-order valence-corrected chi connectivity index (χ0v) is 21.1. The van der Waals surface area contributed by atoms with E-state index in [0.717, 1.165) is 23.7 Å². The van der Waals surface area contributed by atoms with Crippen LogP contribution in [-0.4, -0.2) is 60.1 Å². The van der Waals surface area contributed by atoms with Crippen LogP contribution in [0.1, 0.15) is 17.5 Å². The van der Waals surface area contributed by atoms with Crippen LogP contribution in [0.25, 0.3) is 5.57 Å². The summed E-state index contributed by atoms with van der Waals surface area (Å²) in [4.78, 5) is 18.0. The van der Waals surface area contributed by atoms with Gasteiger partial charge in [-0.2, -0.15) is 17.5 Å². The van der Waals surface area contributed by atoms with Gasteiger partial charge in [0.2, 0.25) is 5.13 Å². The molecule has 2 aliphatic heterocycles. The van der Waals surface area contributed by atoms with E-state index in [9.17, 15) is 31.5 Å². The summed E-state index contributed by atoms with van der Waals surface area (Å²) in [5.41, 5.74) is 1.05. The number of halogens is 3. The minimum Gasteiger partial charge on any atom is -0.489 e. The molecular formula is C23H20F3N5O5S2. The molecule has 0 atom stereocenters. The van der Waals surface area contributed by atoms with Gasteiger partial charge in [0.25, 0.3) is 10.0 Å². The van der Waals surface area contributed by atoms with Crippen molar-refractivity contribution >= 4 is 49.7 Å². The van der Waals surface area contributed by atoms with Crippen LogP contribution < -0.4 is 14.4 Å². The number of sulfonamides is 1. The summed E-state index contributed by atoms with van der Waals surface area (Å²) in [5.74, 6) is 0.247. The SMILES string of the molecule is O=C(O)N1CC=C(c2cc(C(F)(F)F)ccc2N2CCOc3cc(S(=O)(=O)Nc4ncns4)ccc32)CC1. The van der Waals surface area contributed by atoms with Gasteiger partial charge in [-0.05, 0) is 42.3 Å². The molecule has 1 aromatic heterocycles. The zero-order valence-electron chi connectivity index (χ0n) is 19.5. The number of benzene rings is 2. The molecule has 0 saturated carbocycles. The van der Waals surface area contributed by atoms with Crippen molar-refractivity contribution < 1.29 is 36.2 Å². The maximum atomic E-state index is 13.6. The number of aromatic nitrogens is 2. The van der Waals surface area contributed by atoms with E-state index >= 15 is 0 Å². The molecule has 200 valence electrons. The number of carboxylic acid groups (broad SMARTS) is 1. The van der Waals surface area contributed by atoms with Crippen LogP contribution >= 0.6 is 11.5 Å². The second-order valence-corrected chi connectivity index (χ2v) is 10.9. The van der Waals surface area contributed by atoms with E-state index in [-0.39, 0.29) is 41.9 Å². The van der Waals surface area contributed by atoms with Gasteiger partial charge in [0.1, 0.15) is 18.7 Å². The van der Waals surface area contributed by atoms with Crippen molar-refractivity contribution in [1.82, 2.24) is 14.3 Å². The third kappa shape index (κ3) is 5.11. The van der Waals surface area contributed by atoms with Crippen LogP contribution in [0.3, 0.4) is 0 Å². The lowest BCUT2D eigenvalue weighted by molar-refractivity contribution is -0.137. The molecule has 0 radical (unpaired) electrons. The fraction of sp³-hybridized carbons (Fsp3) is 0.261. The highest BCUT2D eigenvalue weighted by Gasteiger charge is 2.33. The maximum absolute atomic E-state index is 13.6. The van der Waals surface area contributed by atoms with E-state index in [1.165, 1.54) is 35.5 Å². The molecule has 0 saturated heterocycles. The van der Waals surface area contributed by atoms with Crippen LogP contribution in [0.5, 0.6) is 5.75 Å². The highest BCUT2D eigenvalue weighted by molar-refractivity contribution is 7.93. The number of nitrogens with zero attached hydrogens (tertiary/aromatic N) is 4. The first-order valence-corrected chi connectivity index (χ1v) is 13.5. The predicted molar refractivity (Wildman–Crippen MR) is 133 cm³/mol. The minimum atomic E-state index is -4.57. The molecule has 0 aliphatic carbocycles. The summed E-state index contributed by atoms with van der Waals surface area (Å²) in [6, 6.07) is 7.69. The number of nitrogens with one attached hydrogen (secondary N) is 1. The van der Waals surface area contributed by atoms with Crippen molar-refractivity contribution in [3.8, 4) is 5.75 Å². The number of alkyl halides is 3. The molecule has 0 fully saturated rings. The number of hydrogen-bond acceptors (Lipinski definition) is 8. The Hall–Kier alpha value is -3.85. The molecule has 10 nitrogen and oxygen atoms in total. The Labute approximate surface area is 219 Å². The molecule has 0 unspecified atom stereocenters. The van der Waals surface area contributed by atoms with Gasteiger partial charge in [0.15, 0.2) is 0 Å². The summed E-state index contributed by atoms with van der Waals surface area (Å²) >= 11 is 0.879. The van der Waals surface area contributed by atoms with Crippen molar-refractivity contribution in [2.45, 2.75) is 17.5 Å². The number of ether oxygens (including phenoxy) is 1. The largest absolute Gasteiger partial charge is 0.489 e. The number of anilines is 3. The topological polar surface area (TPSA) is 125 Å². The highest BCUT2D eigenvalue weighted by Crippen LogP contribution is 2.43. The van der Waals surface area contributed by atoms with Gasteiger partial charge in [0.05, 0.1) is 22.7 Å². The molecule has 38 heavy (non-hydrogen) atoms. The smallest absolute Gasteiger partial charge is 0.416 e. The van der Waals surface area contributed by atoms with Gasteiger partial charge in [-0.1, -0.05) is 6.08 Å². The standard InChI is InChI=1S/C23H20F3N5O5S2/c24-23(25,26)15-1-3-18(17(11-15)14-5-7-30(8-6-14)22(32)33)31-9-10-36-20-12-16(2-4-19(20)31)38(34,35)29-21-27-13-28-37-21/h1-5,11-13H,6-10H2,(H,32,33)(H,27,28,29). The van der Waals surface area contributed by atoms with Gasteiger partial charge in [-0.15, -0.1) is 0 Å². The molecule has 1 amide bonds. The molecule has 5 rings (SSSR count). The Morgan fingerprint density at radius 3 is 2.58 bits per heavy atom. The van der Waals surface area contributed by atoms with E-state index in [0.29, 0.717) is 29.1 Å². The van der Waals surface area contributed by atoms with E-state index < -0.39 is 27.9 Å². The summed E-state index contributed by atoms with van der Waals surface area (Å²) in [6.07, 6.45) is -2.59. The van der Waals surface area contributed by atoms with E-state index in [2.05, 4.69) is 14.1 Å². The quantitative estimate of drug-likeness (QED) is 0.456. The summed E-state index contributed by atoms with van der Waals surface area (Å²) in [7, 11) is -3.99. The number of amides is 1. The van der Waals surface area contributed by atoms with E-state index in [1.807, 2.05) is 0 Å². The van der Waals surface area contributed by atoms with Gasteiger partial charge >= 0.3 is 12.3 Å². The zero-order chi connectivity index (χ0) is 27.1. The predicted octanol–water partition coefficient (Wildman–Crippen LogP) is 4.66. The number of hydrogen-bond donors (Lipinski definition) is 2. The first-order chi connectivity index (χ1) is 18.0. The number of fused-ring (bicyclic) bond motifs is 1. The first kappa shape index (κ1) is 25.8. The monoisotopic (exact) mass is 567 g/mol. The Morgan fingerprint density at radius 1 is 1.13 bits per heavy atom. The van der Waals surface area contributed by atoms with Crippen LogP contribution in [0, 0.1) is 0 Å². The number of carbonyl (C=O) groups is 1. The maximum Gasteiger partial charge on any atom is 0.416 e. The fourth-order valence-electron chi connectivity index (χ4n) is 4.30. The molecule has 2 aliphatic rings. The molecule has 3 heterocycles. The van der Waals surface area contributed by atoms with Crippen molar-refractivity contribution in [2.24, 2.45) is 0 Å². The van der Waals surface area contributed by atoms with Gasteiger partial charge < -0.3 is 19.6 Å². The molecule has 0 spiro atoms. The van der Waals surface area contributed by atoms with E-state index in [4.69, 9.17) is 4.74 Å². The normalized spacial score (nSPS) is 15.9. The fourth-order valence-corrected chi connectivity index (χ4v) is 5.98. The van der Waals surface area contributed by atoms with Crippen LogP contribution in [-0.2, 0) is 16.2 Å². The number of rotatable bonds is 5. The Bertz CT molecular complexity index is 1510. The van der Waals surface area contributed by atoms with Gasteiger partial charge in [-0.3, -0.25) is 4.72 Å². The Balaban J connectivity index is 1.53. The molecule has 0 bridgehead atoms. The lowest BCUT2D eigenvalue weighted by Crippen LogP contribution is -2.33. The van der Waals surface area contributed by atoms with Crippen molar-refractivity contribution in [3.05, 3.63) is 59.9 Å². The third-order valence-electron chi connectivity index (χ3n) is 6.13. The van der Waals surface area contributed by atoms with Gasteiger partial charge in [0, 0.05) is 41.9 Å². The molecule has 3 aromatic rings. The highest BCUT2D eigenvalue weighted by atomic mass is 32.2. The van der Waals surface area contributed by atoms with Gasteiger partial charge in [-0.25, -0.2) is 18.2 Å². The Morgan fingerprint density at radius 2 is 1.92 bits per heavy atom. The average molecular weight is 568 g/mol. The van der Waals surface area contributed by atoms with Crippen molar-refractivity contribution in [1.29, 1.82) is 0 Å². The first-order valence-electron chi connectivity index (χ1n) is 11.3. The molecular weight excluding hydrogens is 547 g/mol. The Kier molecular flexibility index (Phi) is 6.65. The van der Waals surface area contributed by atoms with Crippen molar-refractivity contribution in [2.75, 3.05) is 35.9 Å². The van der Waals surface area contributed by atoms with Crippen LogP contribution in [0.2, 0.25) is 0 Å². The summed E-state index contributed by atoms with van der Waals surface area (Å²) in [5, 5.41) is 9.34. The third-order valence-corrected chi connectivity index (χ3v) is 8.17. The van der Waals surface area contributed by atoms with Crippen LogP contribution in [0.4, 0.5) is 34.5 Å². The lowest BCUT2D eigenvalue weighted by atomic mass is 9.94. The average Bonchev–Trinajstić information content (AvgIpc) is 3.39. The summed E-state index contributed by atoms with van der Waals surface area (Å²) in [6.45, 7) is 0.671. The second kappa shape index (κ2) is 9.79. The molecule has 2 aromatic carbocycles. The van der Waals surface area contributed by atoms with Crippen LogP contribution in [0.15, 0.2) is 53.7 Å². The summed E-state index contributed by atoms with van der Waals surface area (Å²) < 4.78 is 78.2. The molecule has 15 heteroatoms. The van der Waals surface area contributed by atoms with E-state index in [1.54, 1.807) is 11.0 Å². The molecule has 2 N–H and O–H groups in total.